The van der Waals surface area contributed by atoms with Crippen LogP contribution in [0.15, 0.2) is 18.2 Å². The van der Waals surface area contributed by atoms with Crippen molar-refractivity contribution in [2.45, 2.75) is 31.3 Å². The first kappa shape index (κ1) is 12.7. The summed E-state index contributed by atoms with van der Waals surface area (Å²) in [6, 6.07) is 7.47. The Hall–Kier alpha value is -1.73. The average Bonchev–Trinajstić information content (AvgIpc) is 2.83. The summed E-state index contributed by atoms with van der Waals surface area (Å²) in [7, 11) is 1.58. The summed E-state index contributed by atoms with van der Waals surface area (Å²) in [5.74, 6) is 0.635. The largest absolute Gasteiger partial charge is 0.495 e. The Kier molecular flexibility index (Phi) is 3.73. The van der Waals surface area contributed by atoms with E-state index < -0.39 is 5.60 Å². The molecule has 0 heterocycles. The van der Waals surface area contributed by atoms with E-state index in [2.05, 4.69) is 11.4 Å². The molecule has 2 N–H and O–H groups in total. The molecule has 0 radical (unpaired) electrons. The number of para-hydroxylation sites is 1. The van der Waals surface area contributed by atoms with Crippen LogP contribution in [0.3, 0.4) is 0 Å². The molecule has 0 unspecified atom stereocenters. The zero-order valence-electron chi connectivity index (χ0n) is 10.6. The molecule has 1 aliphatic rings. The highest BCUT2D eigenvalue weighted by molar-refractivity contribution is 5.66. The minimum atomic E-state index is -0.645. The first-order chi connectivity index (χ1) is 8.68. The molecule has 0 atom stereocenters. The quantitative estimate of drug-likeness (QED) is 0.855. The predicted octanol–water partition coefficient (Wildman–Crippen LogP) is 2.28. The van der Waals surface area contributed by atoms with Gasteiger partial charge in [-0.1, -0.05) is 18.9 Å². The van der Waals surface area contributed by atoms with Gasteiger partial charge in [-0.2, -0.15) is 5.26 Å². The molecule has 2 rings (SSSR count). The number of nitrogens with one attached hydrogen (secondary N) is 1. The van der Waals surface area contributed by atoms with Gasteiger partial charge >= 0.3 is 0 Å². The molecule has 0 aromatic heterocycles. The summed E-state index contributed by atoms with van der Waals surface area (Å²) in [4.78, 5) is 0. The van der Waals surface area contributed by atoms with E-state index in [-0.39, 0.29) is 0 Å². The normalized spacial score (nSPS) is 17.2. The maximum absolute atomic E-state index is 10.3. The molecule has 0 aliphatic heterocycles. The Morgan fingerprint density at radius 2 is 2.17 bits per heavy atom. The Bertz CT molecular complexity index is 459. The second-order valence-electron chi connectivity index (χ2n) is 4.78. The summed E-state index contributed by atoms with van der Waals surface area (Å²) in [6.45, 7) is 0.460. The molecule has 1 saturated carbocycles. The SMILES string of the molecule is COc1cccc(C#N)c1NCC1(O)CCCC1. The van der Waals surface area contributed by atoms with E-state index in [0.717, 1.165) is 25.7 Å². The van der Waals surface area contributed by atoms with Crippen LogP contribution in [0.25, 0.3) is 0 Å². The first-order valence-corrected chi connectivity index (χ1v) is 6.22. The van der Waals surface area contributed by atoms with Crippen LogP contribution in [0.4, 0.5) is 5.69 Å². The molecule has 0 saturated heterocycles. The highest BCUT2D eigenvalue weighted by Gasteiger charge is 2.31. The van der Waals surface area contributed by atoms with Crippen molar-refractivity contribution in [2.24, 2.45) is 0 Å². The van der Waals surface area contributed by atoms with Gasteiger partial charge in [0, 0.05) is 6.54 Å². The lowest BCUT2D eigenvalue weighted by atomic mass is 10.0. The van der Waals surface area contributed by atoms with E-state index in [1.807, 2.05) is 6.07 Å². The molecular formula is C14H18N2O2. The number of hydrogen-bond donors (Lipinski definition) is 2. The Morgan fingerprint density at radius 3 is 2.78 bits per heavy atom. The van der Waals surface area contributed by atoms with Crippen LogP contribution in [-0.2, 0) is 0 Å². The second-order valence-corrected chi connectivity index (χ2v) is 4.78. The number of nitriles is 1. The van der Waals surface area contributed by atoms with E-state index in [1.54, 1.807) is 19.2 Å². The monoisotopic (exact) mass is 246 g/mol. The number of ether oxygens (including phenoxy) is 1. The Morgan fingerprint density at radius 1 is 1.44 bits per heavy atom. The van der Waals surface area contributed by atoms with Crippen LogP contribution in [0.5, 0.6) is 5.75 Å². The van der Waals surface area contributed by atoms with Gasteiger partial charge in [-0.05, 0) is 25.0 Å². The fourth-order valence-corrected chi connectivity index (χ4v) is 2.44. The van der Waals surface area contributed by atoms with Crippen LogP contribution in [-0.4, -0.2) is 24.4 Å². The van der Waals surface area contributed by atoms with Gasteiger partial charge in [0.1, 0.15) is 11.8 Å². The lowest BCUT2D eigenvalue weighted by molar-refractivity contribution is 0.0614. The van der Waals surface area contributed by atoms with Crippen molar-refractivity contribution in [2.75, 3.05) is 19.0 Å². The number of benzene rings is 1. The third kappa shape index (κ3) is 2.57. The topological polar surface area (TPSA) is 65.3 Å². The average molecular weight is 246 g/mol. The van der Waals surface area contributed by atoms with Crippen LogP contribution < -0.4 is 10.1 Å². The zero-order chi connectivity index (χ0) is 13.0. The lowest BCUT2D eigenvalue weighted by Gasteiger charge is -2.24. The zero-order valence-corrected chi connectivity index (χ0v) is 10.6. The van der Waals surface area contributed by atoms with Crippen molar-refractivity contribution in [3.8, 4) is 11.8 Å². The van der Waals surface area contributed by atoms with Gasteiger partial charge in [-0.15, -0.1) is 0 Å². The van der Waals surface area contributed by atoms with Crippen molar-refractivity contribution in [3.05, 3.63) is 23.8 Å². The summed E-state index contributed by atoms with van der Waals surface area (Å²) >= 11 is 0. The van der Waals surface area contributed by atoms with Gasteiger partial charge in [0.2, 0.25) is 0 Å². The van der Waals surface area contributed by atoms with Crippen molar-refractivity contribution in [3.63, 3.8) is 0 Å². The van der Waals surface area contributed by atoms with E-state index >= 15 is 0 Å². The fraction of sp³-hybridized carbons (Fsp3) is 0.500. The van der Waals surface area contributed by atoms with Crippen molar-refractivity contribution < 1.29 is 9.84 Å². The minimum absolute atomic E-state index is 0.460. The van der Waals surface area contributed by atoms with Gasteiger partial charge in [0.15, 0.2) is 0 Å². The van der Waals surface area contributed by atoms with Gasteiger partial charge < -0.3 is 15.2 Å². The van der Waals surface area contributed by atoms with Crippen molar-refractivity contribution in [1.29, 1.82) is 5.26 Å². The third-order valence-corrected chi connectivity index (χ3v) is 3.50. The van der Waals surface area contributed by atoms with E-state index in [4.69, 9.17) is 10.00 Å². The van der Waals surface area contributed by atoms with Crippen molar-refractivity contribution in [1.82, 2.24) is 0 Å². The molecule has 1 aromatic carbocycles. The first-order valence-electron chi connectivity index (χ1n) is 6.22. The molecule has 1 fully saturated rings. The molecule has 18 heavy (non-hydrogen) atoms. The standard InChI is InChI=1S/C14H18N2O2/c1-18-12-6-4-5-11(9-15)13(12)16-10-14(17)7-2-3-8-14/h4-6,16-17H,2-3,7-8,10H2,1H3. The smallest absolute Gasteiger partial charge is 0.143 e. The summed E-state index contributed by atoms with van der Waals surface area (Å²) in [6.07, 6.45) is 3.76. The highest BCUT2D eigenvalue weighted by atomic mass is 16.5. The Balaban J connectivity index is 2.15. The fourth-order valence-electron chi connectivity index (χ4n) is 2.44. The maximum Gasteiger partial charge on any atom is 0.143 e. The second kappa shape index (κ2) is 5.28. The number of anilines is 1. The molecule has 4 nitrogen and oxygen atoms in total. The maximum atomic E-state index is 10.3. The van der Waals surface area contributed by atoms with Crippen molar-refractivity contribution >= 4 is 5.69 Å². The molecule has 0 bridgehead atoms. The molecular weight excluding hydrogens is 228 g/mol. The molecule has 1 aliphatic carbocycles. The molecule has 96 valence electrons. The van der Waals surface area contributed by atoms with E-state index in [9.17, 15) is 5.11 Å². The lowest BCUT2D eigenvalue weighted by Crippen LogP contribution is -2.33. The number of aliphatic hydroxyl groups is 1. The van der Waals surface area contributed by atoms with Crippen LogP contribution >= 0.6 is 0 Å². The van der Waals surface area contributed by atoms with Gasteiger partial charge in [-0.25, -0.2) is 0 Å². The summed E-state index contributed by atoms with van der Waals surface area (Å²) in [5, 5.41) is 22.5. The minimum Gasteiger partial charge on any atom is -0.495 e. The molecule has 0 spiro atoms. The number of rotatable bonds is 4. The predicted molar refractivity (Wildman–Crippen MR) is 69.6 cm³/mol. The number of nitrogens with zero attached hydrogens (tertiary/aromatic N) is 1. The van der Waals surface area contributed by atoms with Crippen LogP contribution in [0.1, 0.15) is 31.2 Å². The number of hydrogen-bond acceptors (Lipinski definition) is 4. The van der Waals surface area contributed by atoms with Crippen LogP contribution in [0, 0.1) is 11.3 Å². The van der Waals surface area contributed by atoms with Gasteiger partial charge in [-0.3, -0.25) is 0 Å². The van der Waals surface area contributed by atoms with E-state index in [0.29, 0.717) is 23.5 Å². The van der Waals surface area contributed by atoms with E-state index in [1.165, 1.54) is 0 Å². The Labute approximate surface area is 107 Å². The number of methoxy groups -OCH3 is 1. The summed E-state index contributed by atoms with van der Waals surface area (Å²) < 4.78 is 5.24. The van der Waals surface area contributed by atoms with Gasteiger partial charge in [0.05, 0.1) is 24.0 Å². The highest BCUT2D eigenvalue weighted by Crippen LogP contribution is 2.32. The molecule has 4 heteroatoms. The summed E-state index contributed by atoms with van der Waals surface area (Å²) in [5.41, 5.74) is 0.562. The molecule has 0 amide bonds. The third-order valence-electron chi connectivity index (χ3n) is 3.50. The van der Waals surface area contributed by atoms with Gasteiger partial charge in [0.25, 0.3) is 0 Å². The van der Waals surface area contributed by atoms with Crippen LogP contribution in [0.2, 0.25) is 0 Å². The molecule has 1 aromatic rings.